The van der Waals surface area contributed by atoms with Gasteiger partial charge in [-0.25, -0.2) is 0 Å². The van der Waals surface area contributed by atoms with Gasteiger partial charge in [0.2, 0.25) is 0 Å². The van der Waals surface area contributed by atoms with Crippen LogP contribution in [0.4, 0.5) is 0 Å². The first-order valence-corrected chi connectivity index (χ1v) is 6.46. The van der Waals surface area contributed by atoms with Crippen LogP contribution >= 0.6 is 0 Å². The summed E-state index contributed by atoms with van der Waals surface area (Å²) in [6.07, 6.45) is 4.84. The van der Waals surface area contributed by atoms with Gasteiger partial charge in [-0.05, 0) is 43.1 Å². The van der Waals surface area contributed by atoms with Crippen molar-refractivity contribution >= 4 is 0 Å². The average Bonchev–Trinajstić information content (AvgIpc) is 2.31. The molecule has 1 heteroatoms. The zero-order valence-corrected chi connectivity index (χ0v) is 10.4. The molecule has 0 spiro atoms. The normalized spacial score (nSPS) is 30.6. The third-order valence-electron chi connectivity index (χ3n) is 4.21. The third-order valence-corrected chi connectivity index (χ3v) is 4.21. The Labute approximate surface area is 99.0 Å². The number of benzene rings is 1. The van der Waals surface area contributed by atoms with Gasteiger partial charge in [-0.15, -0.1) is 0 Å². The fourth-order valence-corrected chi connectivity index (χ4v) is 2.88. The van der Waals surface area contributed by atoms with Crippen molar-refractivity contribution in [1.29, 1.82) is 0 Å². The highest BCUT2D eigenvalue weighted by Gasteiger charge is 2.33. The summed E-state index contributed by atoms with van der Waals surface area (Å²) in [6.45, 7) is 4.66. The Morgan fingerprint density at radius 2 is 1.69 bits per heavy atom. The van der Waals surface area contributed by atoms with Gasteiger partial charge in [0, 0.05) is 5.54 Å². The van der Waals surface area contributed by atoms with Crippen LogP contribution in [0.25, 0.3) is 0 Å². The van der Waals surface area contributed by atoms with Gasteiger partial charge in [0.15, 0.2) is 0 Å². The molecule has 1 aromatic carbocycles. The molecular formula is C15H23N. The topological polar surface area (TPSA) is 26.0 Å². The molecule has 2 N–H and O–H groups in total. The smallest absolute Gasteiger partial charge is 0.0409 e. The molecule has 1 aromatic rings. The molecular weight excluding hydrogens is 194 g/mol. The molecule has 0 bridgehead atoms. The van der Waals surface area contributed by atoms with E-state index in [1.54, 1.807) is 0 Å². The largest absolute Gasteiger partial charge is 0.321 e. The molecule has 88 valence electrons. The van der Waals surface area contributed by atoms with Gasteiger partial charge in [0.05, 0.1) is 0 Å². The molecule has 0 saturated heterocycles. The average molecular weight is 217 g/mol. The molecule has 0 radical (unpaired) electrons. The first kappa shape index (κ1) is 11.7. The maximum absolute atomic E-state index is 6.54. The van der Waals surface area contributed by atoms with Gasteiger partial charge in [-0.3, -0.25) is 0 Å². The predicted molar refractivity (Wildman–Crippen MR) is 69.1 cm³/mol. The lowest BCUT2D eigenvalue weighted by molar-refractivity contribution is 0.196. The molecule has 0 aromatic heterocycles. The van der Waals surface area contributed by atoms with Crippen LogP contribution in [0.1, 0.15) is 45.1 Å². The van der Waals surface area contributed by atoms with Crippen LogP contribution in [-0.4, -0.2) is 0 Å². The molecule has 0 atom stereocenters. The van der Waals surface area contributed by atoms with E-state index in [2.05, 4.69) is 44.2 Å². The van der Waals surface area contributed by atoms with Crippen LogP contribution < -0.4 is 5.73 Å². The monoisotopic (exact) mass is 217 g/mol. The summed E-state index contributed by atoms with van der Waals surface area (Å²) in [6, 6.07) is 10.6. The minimum Gasteiger partial charge on any atom is -0.321 e. The summed E-state index contributed by atoms with van der Waals surface area (Å²) in [5.74, 6) is 1.68. The molecule has 1 saturated carbocycles. The van der Waals surface area contributed by atoms with E-state index in [4.69, 9.17) is 5.73 Å². The van der Waals surface area contributed by atoms with E-state index < -0.39 is 0 Å². The van der Waals surface area contributed by atoms with Crippen molar-refractivity contribution in [1.82, 2.24) is 0 Å². The maximum Gasteiger partial charge on any atom is 0.0409 e. The molecule has 16 heavy (non-hydrogen) atoms. The van der Waals surface area contributed by atoms with Crippen LogP contribution in [0.2, 0.25) is 0 Å². The van der Waals surface area contributed by atoms with E-state index in [9.17, 15) is 0 Å². The lowest BCUT2D eigenvalue weighted by atomic mass is 9.70. The quantitative estimate of drug-likeness (QED) is 0.803. The SMILES string of the molecule is CC(C)C1CCC(N)(c2ccccc2)CC1. The highest BCUT2D eigenvalue weighted by atomic mass is 14.7. The van der Waals surface area contributed by atoms with Gasteiger partial charge in [-0.2, -0.15) is 0 Å². The van der Waals surface area contributed by atoms with Crippen LogP contribution in [0, 0.1) is 11.8 Å². The minimum atomic E-state index is -0.0628. The second-order valence-corrected chi connectivity index (χ2v) is 5.60. The number of hydrogen-bond acceptors (Lipinski definition) is 1. The Morgan fingerprint density at radius 3 is 2.19 bits per heavy atom. The Morgan fingerprint density at radius 1 is 1.12 bits per heavy atom. The van der Waals surface area contributed by atoms with E-state index in [1.165, 1.54) is 18.4 Å². The van der Waals surface area contributed by atoms with Crippen LogP contribution in [-0.2, 0) is 5.54 Å². The Kier molecular flexibility index (Phi) is 3.34. The maximum atomic E-state index is 6.54. The predicted octanol–water partition coefficient (Wildman–Crippen LogP) is 3.69. The van der Waals surface area contributed by atoms with Crippen LogP contribution in [0.3, 0.4) is 0 Å². The van der Waals surface area contributed by atoms with Crippen molar-refractivity contribution in [3.05, 3.63) is 35.9 Å². The standard InChI is InChI=1S/C15H23N/c1-12(2)13-8-10-15(16,11-9-13)14-6-4-3-5-7-14/h3-7,12-13H,8-11,16H2,1-2H3. The second kappa shape index (κ2) is 4.58. The van der Waals surface area contributed by atoms with Gasteiger partial charge >= 0.3 is 0 Å². The Hall–Kier alpha value is -0.820. The zero-order chi connectivity index (χ0) is 11.6. The van der Waals surface area contributed by atoms with Crippen molar-refractivity contribution in [3.63, 3.8) is 0 Å². The first-order chi connectivity index (χ1) is 7.62. The second-order valence-electron chi connectivity index (χ2n) is 5.60. The highest BCUT2D eigenvalue weighted by Crippen LogP contribution is 2.39. The van der Waals surface area contributed by atoms with E-state index >= 15 is 0 Å². The fourth-order valence-electron chi connectivity index (χ4n) is 2.88. The third kappa shape index (κ3) is 2.30. The highest BCUT2D eigenvalue weighted by molar-refractivity contribution is 5.24. The lowest BCUT2D eigenvalue weighted by Crippen LogP contribution is -2.41. The van der Waals surface area contributed by atoms with Gasteiger partial charge < -0.3 is 5.73 Å². The molecule has 1 aliphatic carbocycles. The number of hydrogen-bond donors (Lipinski definition) is 1. The molecule has 0 aliphatic heterocycles. The molecule has 0 heterocycles. The fraction of sp³-hybridized carbons (Fsp3) is 0.600. The van der Waals surface area contributed by atoms with Crippen molar-refractivity contribution in [2.24, 2.45) is 17.6 Å². The van der Waals surface area contributed by atoms with Crippen LogP contribution in [0.5, 0.6) is 0 Å². The molecule has 0 unspecified atom stereocenters. The number of nitrogens with two attached hydrogens (primary N) is 1. The lowest BCUT2D eigenvalue weighted by Gasteiger charge is -2.39. The van der Waals surface area contributed by atoms with Gasteiger partial charge in [0.25, 0.3) is 0 Å². The van der Waals surface area contributed by atoms with Crippen molar-refractivity contribution in [2.75, 3.05) is 0 Å². The van der Waals surface area contributed by atoms with Crippen molar-refractivity contribution < 1.29 is 0 Å². The van der Waals surface area contributed by atoms with Gasteiger partial charge in [0.1, 0.15) is 0 Å². The van der Waals surface area contributed by atoms with E-state index in [0.29, 0.717) is 0 Å². The van der Waals surface area contributed by atoms with E-state index in [0.717, 1.165) is 24.7 Å². The Bertz CT molecular complexity index is 321. The van der Waals surface area contributed by atoms with E-state index in [-0.39, 0.29) is 5.54 Å². The summed E-state index contributed by atoms with van der Waals surface area (Å²) >= 11 is 0. The summed E-state index contributed by atoms with van der Waals surface area (Å²) < 4.78 is 0. The van der Waals surface area contributed by atoms with Crippen molar-refractivity contribution in [3.8, 4) is 0 Å². The molecule has 1 fully saturated rings. The number of rotatable bonds is 2. The summed E-state index contributed by atoms with van der Waals surface area (Å²) in [5.41, 5.74) is 7.80. The van der Waals surface area contributed by atoms with Crippen LogP contribution in [0.15, 0.2) is 30.3 Å². The summed E-state index contributed by atoms with van der Waals surface area (Å²) in [7, 11) is 0. The Balaban J connectivity index is 2.07. The van der Waals surface area contributed by atoms with Crippen molar-refractivity contribution in [2.45, 2.75) is 45.1 Å². The molecule has 1 nitrogen and oxygen atoms in total. The minimum absolute atomic E-state index is 0.0628. The van der Waals surface area contributed by atoms with Gasteiger partial charge in [-0.1, -0.05) is 44.2 Å². The zero-order valence-electron chi connectivity index (χ0n) is 10.4. The van der Waals surface area contributed by atoms with E-state index in [1.807, 2.05) is 0 Å². The summed E-state index contributed by atoms with van der Waals surface area (Å²) in [5, 5.41) is 0. The molecule has 0 amide bonds. The molecule has 2 rings (SSSR count). The summed E-state index contributed by atoms with van der Waals surface area (Å²) in [4.78, 5) is 0. The first-order valence-electron chi connectivity index (χ1n) is 6.46. The molecule has 1 aliphatic rings.